The van der Waals surface area contributed by atoms with Gasteiger partial charge < -0.3 is 9.84 Å². The van der Waals surface area contributed by atoms with E-state index in [1.807, 2.05) is 27.7 Å². The third-order valence-electron chi connectivity index (χ3n) is 3.23. The number of carboxylic acid groups (broad SMARTS) is 1. The Bertz CT molecular complexity index is 289. The molecule has 0 aromatic rings. The molecule has 0 saturated heterocycles. The van der Waals surface area contributed by atoms with Gasteiger partial charge in [-0.3, -0.25) is 9.59 Å². The fourth-order valence-electron chi connectivity index (χ4n) is 1.50. The fourth-order valence-corrected chi connectivity index (χ4v) is 1.50. The summed E-state index contributed by atoms with van der Waals surface area (Å²) in [5, 5.41) is 8.56. The standard InChI is InChI=1S/C13H24O4.Li.Na.2H/c1-6-7-8-13(5,12(2,3)4)17-11(16)9-10(14)15;;;;/h6-9H2,1-5H3,(H,14,15);;;;. The van der Waals surface area contributed by atoms with E-state index in [0.717, 1.165) is 19.3 Å². The van der Waals surface area contributed by atoms with E-state index >= 15 is 0 Å². The molecule has 19 heavy (non-hydrogen) atoms. The Kier molecular flexibility index (Phi) is 13.3. The third kappa shape index (κ3) is 9.15. The van der Waals surface area contributed by atoms with Crippen LogP contribution in [0.4, 0.5) is 0 Å². The van der Waals surface area contributed by atoms with Crippen LogP contribution in [0.1, 0.15) is 60.3 Å². The number of aliphatic carboxylic acids is 1. The Balaban J connectivity index is -0.00000128. The Labute approximate surface area is 150 Å². The van der Waals surface area contributed by atoms with Crippen molar-refractivity contribution in [3.8, 4) is 0 Å². The van der Waals surface area contributed by atoms with Crippen LogP contribution in [0.15, 0.2) is 0 Å². The van der Waals surface area contributed by atoms with Gasteiger partial charge in [0.15, 0.2) is 0 Å². The van der Waals surface area contributed by atoms with Crippen LogP contribution in [0.25, 0.3) is 0 Å². The second-order valence-electron chi connectivity index (χ2n) is 5.63. The summed E-state index contributed by atoms with van der Waals surface area (Å²) in [6.07, 6.45) is 2.15. The molecule has 1 atom stereocenters. The molecular formula is C13H26LiNaO4. The molecule has 0 rings (SSSR count). The monoisotopic (exact) mass is 276 g/mol. The van der Waals surface area contributed by atoms with Crippen molar-refractivity contribution >= 4 is 60.4 Å². The van der Waals surface area contributed by atoms with Gasteiger partial charge in [-0.25, -0.2) is 0 Å². The molecule has 0 saturated carbocycles. The van der Waals surface area contributed by atoms with Gasteiger partial charge in [0.05, 0.1) is 0 Å². The zero-order chi connectivity index (χ0) is 13.7. The quantitative estimate of drug-likeness (QED) is 0.455. The Morgan fingerprint density at radius 1 is 1.16 bits per heavy atom. The second-order valence-corrected chi connectivity index (χ2v) is 5.63. The van der Waals surface area contributed by atoms with Gasteiger partial charge in [-0.05, 0) is 19.8 Å². The summed E-state index contributed by atoms with van der Waals surface area (Å²) in [5.41, 5.74) is -0.828. The first-order chi connectivity index (χ1) is 7.62. The Morgan fingerprint density at radius 3 is 1.95 bits per heavy atom. The van der Waals surface area contributed by atoms with E-state index in [4.69, 9.17) is 9.84 Å². The van der Waals surface area contributed by atoms with Crippen molar-refractivity contribution in [1.82, 2.24) is 0 Å². The molecule has 1 N–H and O–H groups in total. The SMILES string of the molecule is CCCCC(C)(OC(=O)CC(=O)O)C(C)(C)C.[LiH].[NaH]. The summed E-state index contributed by atoms with van der Waals surface area (Å²) in [5.74, 6) is -1.81. The van der Waals surface area contributed by atoms with Gasteiger partial charge in [-0.1, -0.05) is 34.1 Å². The zero-order valence-corrected chi connectivity index (χ0v) is 11.5. The number of ether oxygens (including phenoxy) is 1. The van der Waals surface area contributed by atoms with Crippen LogP contribution >= 0.6 is 0 Å². The molecule has 0 spiro atoms. The van der Waals surface area contributed by atoms with Gasteiger partial charge >= 0.3 is 60.4 Å². The third-order valence-corrected chi connectivity index (χ3v) is 3.23. The van der Waals surface area contributed by atoms with Crippen LogP contribution < -0.4 is 0 Å². The molecule has 0 bridgehead atoms. The van der Waals surface area contributed by atoms with Gasteiger partial charge in [0.25, 0.3) is 0 Å². The van der Waals surface area contributed by atoms with Crippen molar-refractivity contribution < 1.29 is 19.4 Å². The van der Waals surface area contributed by atoms with Crippen molar-refractivity contribution in [2.45, 2.75) is 65.9 Å². The van der Waals surface area contributed by atoms with Crippen molar-refractivity contribution in [2.75, 3.05) is 0 Å². The number of hydrogen-bond donors (Lipinski definition) is 1. The van der Waals surface area contributed by atoms with Gasteiger partial charge in [0.2, 0.25) is 0 Å². The van der Waals surface area contributed by atoms with Crippen molar-refractivity contribution in [1.29, 1.82) is 0 Å². The van der Waals surface area contributed by atoms with E-state index in [1.54, 1.807) is 0 Å². The average molecular weight is 276 g/mol. The summed E-state index contributed by atoms with van der Waals surface area (Å²) in [4.78, 5) is 21.9. The molecule has 0 aliphatic carbocycles. The summed E-state index contributed by atoms with van der Waals surface area (Å²) >= 11 is 0. The molecule has 0 aromatic carbocycles. The van der Waals surface area contributed by atoms with E-state index in [2.05, 4.69) is 6.92 Å². The van der Waals surface area contributed by atoms with Gasteiger partial charge in [-0.2, -0.15) is 0 Å². The van der Waals surface area contributed by atoms with Crippen LogP contribution in [0.5, 0.6) is 0 Å². The molecule has 0 aliphatic rings. The van der Waals surface area contributed by atoms with E-state index in [1.165, 1.54) is 0 Å². The molecule has 0 amide bonds. The van der Waals surface area contributed by atoms with Crippen LogP contribution in [0.2, 0.25) is 0 Å². The van der Waals surface area contributed by atoms with E-state index in [-0.39, 0.29) is 53.8 Å². The van der Waals surface area contributed by atoms with E-state index in [0.29, 0.717) is 0 Å². The number of unbranched alkanes of at least 4 members (excludes halogenated alkanes) is 1. The van der Waals surface area contributed by atoms with Crippen LogP contribution in [0, 0.1) is 5.41 Å². The summed E-state index contributed by atoms with van der Waals surface area (Å²) < 4.78 is 5.40. The van der Waals surface area contributed by atoms with Crippen molar-refractivity contribution in [2.24, 2.45) is 5.41 Å². The van der Waals surface area contributed by atoms with Gasteiger partial charge in [-0.15, -0.1) is 0 Å². The number of hydrogen-bond acceptors (Lipinski definition) is 3. The molecule has 0 fully saturated rings. The van der Waals surface area contributed by atoms with Crippen LogP contribution in [-0.4, -0.2) is 71.1 Å². The van der Waals surface area contributed by atoms with Crippen LogP contribution in [-0.2, 0) is 14.3 Å². The van der Waals surface area contributed by atoms with Crippen molar-refractivity contribution in [3.05, 3.63) is 0 Å². The van der Waals surface area contributed by atoms with Crippen molar-refractivity contribution in [3.63, 3.8) is 0 Å². The van der Waals surface area contributed by atoms with E-state index < -0.39 is 24.0 Å². The first-order valence-corrected chi connectivity index (χ1v) is 6.06. The summed E-state index contributed by atoms with van der Waals surface area (Å²) in [6, 6.07) is 0. The maximum absolute atomic E-state index is 11.5. The molecule has 4 nitrogen and oxygen atoms in total. The van der Waals surface area contributed by atoms with Crippen LogP contribution in [0.3, 0.4) is 0 Å². The molecular weight excluding hydrogens is 250 g/mol. The van der Waals surface area contributed by atoms with Gasteiger partial charge in [0, 0.05) is 5.41 Å². The topological polar surface area (TPSA) is 63.6 Å². The Morgan fingerprint density at radius 2 is 1.63 bits per heavy atom. The van der Waals surface area contributed by atoms with Gasteiger partial charge in [0.1, 0.15) is 12.0 Å². The number of esters is 1. The van der Waals surface area contributed by atoms with E-state index in [9.17, 15) is 9.59 Å². The first kappa shape index (κ1) is 24.5. The molecule has 0 aromatic heterocycles. The molecule has 0 aliphatic heterocycles. The minimum absolute atomic E-state index is 0. The summed E-state index contributed by atoms with van der Waals surface area (Å²) in [6.45, 7) is 9.94. The predicted octanol–water partition coefficient (Wildman–Crippen LogP) is 1.70. The maximum atomic E-state index is 11.5. The molecule has 0 radical (unpaired) electrons. The molecule has 104 valence electrons. The average Bonchev–Trinajstić information content (AvgIpc) is 2.11. The predicted molar refractivity (Wildman–Crippen MR) is 80.0 cm³/mol. The summed E-state index contributed by atoms with van der Waals surface area (Å²) in [7, 11) is 0. The fraction of sp³-hybridized carbons (Fsp3) is 0.846. The number of carboxylic acids is 1. The molecule has 6 heteroatoms. The number of rotatable bonds is 6. The number of carbonyl (C=O) groups excluding carboxylic acids is 1. The first-order valence-electron chi connectivity index (χ1n) is 6.06. The second kappa shape index (κ2) is 10.3. The minimum atomic E-state index is -1.15. The molecule has 1 unspecified atom stereocenters. The number of carbonyl (C=O) groups is 2. The normalized spacial score (nSPS) is 13.5. The Hall–Kier alpha value is 0.537. The molecule has 0 heterocycles. The zero-order valence-electron chi connectivity index (χ0n) is 11.5.